The molecule has 0 spiro atoms. The molecule has 0 N–H and O–H groups in total. The van der Waals surface area contributed by atoms with Gasteiger partial charge in [0.05, 0.1) is 29.1 Å². The molecule has 0 saturated carbocycles. The maximum Gasteiger partial charge on any atom is 0.161 e. The molecular weight excluding hydrogens is 314 g/mol. The van der Waals surface area contributed by atoms with Crippen LogP contribution in [0.3, 0.4) is 0 Å². The zero-order valence-electron chi connectivity index (χ0n) is 9.33. The maximum atomic E-state index is 11.6. The summed E-state index contributed by atoms with van der Waals surface area (Å²) in [5.74, 6) is 0.274. The number of nitrogens with zero attached hydrogens (tertiary/aromatic N) is 1. The first-order chi connectivity index (χ1) is 8.27. The van der Waals surface area contributed by atoms with Crippen molar-refractivity contribution in [2.75, 3.05) is 11.5 Å². The molecule has 2 aliphatic heterocycles. The van der Waals surface area contributed by atoms with Crippen molar-refractivity contribution in [3.8, 4) is 0 Å². The Bertz CT molecular complexity index is 768. The smallest absolute Gasteiger partial charge is 0.161 e. The molecule has 2 aliphatic rings. The minimum Gasteiger partial charge on any atom is -0.322 e. The predicted molar refractivity (Wildman–Crippen MR) is 71.8 cm³/mol. The molecule has 9 heteroatoms. The topological polar surface area (TPSA) is 73.2 Å². The number of rotatable bonds is 1. The molecule has 0 aromatic carbocycles. The number of fused-ring (bicyclic) bond motifs is 1. The van der Waals surface area contributed by atoms with E-state index in [9.17, 15) is 16.8 Å². The van der Waals surface area contributed by atoms with Gasteiger partial charge in [-0.1, -0.05) is 0 Å². The van der Waals surface area contributed by atoms with E-state index >= 15 is 0 Å². The van der Waals surface area contributed by atoms with Crippen LogP contribution >= 0.6 is 23.6 Å². The molecule has 1 fully saturated rings. The van der Waals surface area contributed by atoms with Gasteiger partial charge >= 0.3 is 0 Å². The van der Waals surface area contributed by atoms with E-state index in [0.29, 0.717) is 16.1 Å². The summed E-state index contributed by atoms with van der Waals surface area (Å²) in [6.07, 6.45) is 0.528. The first-order valence-corrected chi connectivity index (χ1v) is 10.3. The van der Waals surface area contributed by atoms with Gasteiger partial charge < -0.3 is 4.57 Å². The molecule has 100 valence electrons. The first kappa shape index (κ1) is 12.8. The molecule has 0 radical (unpaired) electrons. The highest BCUT2D eigenvalue weighted by molar-refractivity contribution is 7.91. The fourth-order valence-corrected chi connectivity index (χ4v) is 7.91. The van der Waals surface area contributed by atoms with Gasteiger partial charge in [-0.3, -0.25) is 0 Å². The van der Waals surface area contributed by atoms with Crippen LogP contribution in [0, 0.1) is 3.95 Å². The second kappa shape index (κ2) is 3.87. The monoisotopic (exact) mass is 325 g/mol. The summed E-state index contributed by atoms with van der Waals surface area (Å²) < 4.78 is 48.6. The van der Waals surface area contributed by atoms with Gasteiger partial charge in [0.25, 0.3) is 0 Å². The van der Waals surface area contributed by atoms with Gasteiger partial charge in [-0.15, -0.1) is 11.3 Å². The van der Waals surface area contributed by atoms with E-state index in [1.54, 1.807) is 4.57 Å². The zero-order valence-corrected chi connectivity index (χ0v) is 12.6. The lowest BCUT2D eigenvalue weighted by Gasteiger charge is -2.12. The van der Waals surface area contributed by atoms with Crippen molar-refractivity contribution >= 4 is 43.2 Å². The molecule has 0 bridgehead atoms. The van der Waals surface area contributed by atoms with Gasteiger partial charge in [0.15, 0.2) is 23.6 Å². The minimum atomic E-state index is -3.07. The number of thiazole rings is 1. The Morgan fingerprint density at radius 2 is 1.89 bits per heavy atom. The molecule has 3 heterocycles. The Morgan fingerprint density at radius 1 is 1.17 bits per heavy atom. The Kier molecular flexibility index (Phi) is 2.75. The lowest BCUT2D eigenvalue weighted by molar-refractivity contribution is 0.540. The van der Waals surface area contributed by atoms with Gasteiger partial charge in [0.2, 0.25) is 0 Å². The molecular formula is C9H11NO4S4. The van der Waals surface area contributed by atoms with E-state index in [-0.39, 0.29) is 29.1 Å². The lowest BCUT2D eigenvalue weighted by atomic mass is 10.2. The van der Waals surface area contributed by atoms with Crippen molar-refractivity contribution in [1.82, 2.24) is 4.57 Å². The number of hydrogen-bond donors (Lipinski definition) is 0. The SMILES string of the molecule is O=S1(=O)Cc2sc(=S)n([C@@H]3CCS(=O)(=O)C3)c2C1. The standard InChI is InChI=1S/C9H11NO4S4/c11-17(12)2-1-6(3-17)10-7-4-18(13,14)5-8(7)16-9(10)15/h6H,1-5H2/t6-/m1/s1. The summed E-state index contributed by atoms with van der Waals surface area (Å²) in [5.41, 5.74) is 0.715. The van der Waals surface area contributed by atoms with Gasteiger partial charge in [-0.25, -0.2) is 16.8 Å². The summed E-state index contributed by atoms with van der Waals surface area (Å²) >= 11 is 6.54. The molecule has 1 atom stereocenters. The van der Waals surface area contributed by atoms with Crippen LogP contribution in [0.2, 0.25) is 0 Å². The summed E-state index contributed by atoms with van der Waals surface area (Å²) in [4.78, 5) is 0.782. The average Bonchev–Trinajstić information content (AvgIpc) is 2.75. The molecule has 0 unspecified atom stereocenters. The second-order valence-corrected chi connectivity index (χ2v) is 10.7. The van der Waals surface area contributed by atoms with Crippen LogP contribution in [0.25, 0.3) is 0 Å². The van der Waals surface area contributed by atoms with Crippen LogP contribution in [-0.2, 0) is 31.2 Å². The highest BCUT2D eigenvalue weighted by Crippen LogP contribution is 2.36. The third-order valence-corrected chi connectivity index (χ3v) is 8.12. The number of sulfone groups is 2. The van der Waals surface area contributed by atoms with Crippen molar-refractivity contribution in [3.63, 3.8) is 0 Å². The highest BCUT2D eigenvalue weighted by atomic mass is 32.2. The summed E-state index contributed by atoms with van der Waals surface area (Å²) in [7, 11) is -6.06. The van der Waals surface area contributed by atoms with Crippen LogP contribution in [0.1, 0.15) is 23.0 Å². The molecule has 18 heavy (non-hydrogen) atoms. The summed E-state index contributed by atoms with van der Waals surface area (Å²) in [5, 5.41) is 0. The van der Waals surface area contributed by atoms with E-state index < -0.39 is 19.7 Å². The van der Waals surface area contributed by atoms with Gasteiger partial charge in [-0.05, 0) is 18.6 Å². The molecule has 5 nitrogen and oxygen atoms in total. The minimum absolute atomic E-state index is 0.00792. The fraction of sp³-hybridized carbons (Fsp3) is 0.667. The van der Waals surface area contributed by atoms with E-state index in [0.717, 1.165) is 4.88 Å². The van der Waals surface area contributed by atoms with E-state index in [2.05, 4.69) is 0 Å². The van der Waals surface area contributed by atoms with Crippen molar-refractivity contribution in [2.24, 2.45) is 0 Å². The zero-order chi connectivity index (χ0) is 13.1. The Labute approximate surface area is 114 Å². The van der Waals surface area contributed by atoms with Crippen molar-refractivity contribution in [3.05, 3.63) is 14.5 Å². The third-order valence-electron chi connectivity index (χ3n) is 3.30. The van der Waals surface area contributed by atoms with Crippen LogP contribution in [0.4, 0.5) is 0 Å². The van der Waals surface area contributed by atoms with E-state index in [1.807, 2.05) is 0 Å². The largest absolute Gasteiger partial charge is 0.322 e. The Hall–Kier alpha value is -0.250. The van der Waals surface area contributed by atoms with Crippen LogP contribution in [-0.4, -0.2) is 32.9 Å². The highest BCUT2D eigenvalue weighted by Gasteiger charge is 2.36. The lowest BCUT2D eigenvalue weighted by Crippen LogP contribution is -2.14. The summed E-state index contributed by atoms with van der Waals surface area (Å²) in [6.45, 7) is 0. The number of aromatic nitrogens is 1. The predicted octanol–water partition coefficient (Wildman–Crippen LogP) is 1.07. The Morgan fingerprint density at radius 3 is 2.50 bits per heavy atom. The third kappa shape index (κ3) is 2.06. The normalized spacial score (nSPS) is 28.3. The fourth-order valence-electron chi connectivity index (χ4n) is 2.53. The first-order valence-electron chi connectivity index (χ1n) is 5.41. The molecule has 1 saturated heterocycles. The Balaban J connectivity index is 2.08. The molecule has 1 aromatic heterocycles. The van der Waals surface area contributed by atoms with Crippen molar-refractivity contribution < 1.29 is 16.8 Å². The maximum absolute atomic E-state index is 11.6. The van der Waals surface area contributed by atoms with Crippen molar-refractivity contribution in [1.29, 1.82) is 0 Å². The molecule has 0 amide bonds. The molecule has 1 aromatic rings. The number of hydrogen-bond acceptors (Lipinski definition) is 6. The quantitative estimate of drug-likeness (QED) is 0.722. The second-order valence-electron chi connectivity index (χ2n) is 4.70. The van der Waals surface area contributed by atoms with E-state index in [4.69, 9.17) is 12.2 Å². The van der Waals surface area contributed by atoms with E-state index in [1.165, 1.54) is 11.3 Å². The average molecular weight is 325 g/mol. The molecule has 0 aliphatic carbocycles. The molecule has 3 rings (SSSR count). The van der Waals surface area contributed by atoms with Gasteiger partial charge in [0.1, 0.15) is 0 Å². The summed E-state index contributed by atoms with van der Waals surface area (Å²) in [6, 6.07) is -0.184. The van der Waals surface area contributed by atoms with Gasteiger partial charge in [0, 0.05) is 10.6 Å². The van der Waals surface area contributed by atoms with Crippen LogP contribution in [0.15, 0.2) is 0 Å². The van der Waals surface area contributed by atoms with Crippen LogP contribution < -0.4 is 0 Å². The van der Waals surface area contributed by atoms with Crippen molar-refractivity contribution in [2.45, 2.75) is 24.0 Å². The van der Waals surface area contributed by atoms with Crippen LogP contribution in [0.5, 0.6) is 0 Å². The van der Waals surface area contributed by atoms with Gasteiger partial charge in [-0.2, -0.15) is 0 Å².